The first-order valence-electron chi connectivity index (χ1n) is 10.3. The van der Waals surface area contributed by atoms with E-state index in [1.165, 1.54) is 49.6 Å². The molecule has 0 radical (unpaired) electrons. The van der Waals surface area contributed by atoms with Crippen LogP contribution in [0.3, 0.4) is 0 Å². The molecule has 3 aromatic carbocycles. The van der Waals surface area contributed by atoms with Crippen molar-refractivity contribution in [3.63, 3.8) is 0 Å². The maximum Gasteiger partial charge on any atom is 0.412 e. The van der Waals surface area contributed by atoms with E-state index in [1.54, 1.807) is 30.3 Å². The van der Waals surface area contributed by atoms with Crippen molar-refractivity contribution in [3.8, 4) is 5.75 Å². The topological polar surface area (TPSA) is 119 Å². The van der Waals surface area contributed by atoms with E-state index in [0.717, 1.165) is 4.31 Å². The molecule has 0 aliphatic carbocycles. The first-order valence-corrected chi connectivity index (χ1v) is 13.2. The second kappa shape index (κ2) is 9.35. The van der Waals surface area contributed by atoms with Crippen LogP contribution in [0.15, 0.2) is 77.7 Å². The van der Waals surface area contributed by atoms with E-state index in [-0.39, 0.29) is 28.4 Å². The number of sulfonamides is 1. The van der Waals surface area contributed by atoms with Crippen LogP contribution >= 0.6 is 0 Å². The summed E-state index contributed by atoms with van der Waals surface area (Å²) in [6.45, 7) is 0.0894. The Morgan fingerprint density at radius 1 is 0.941 bits per heavy atom. The van der Waals surface area contributed by atoms with E-state index in [0.29, 0.717) is 24.2 Å². The minimum absolute atomic E-state index is 0.0206. The van der Waals surface area contributed by atoms with Crippen molar-refractivity contribution in [1.29, 1.82) is 0 Å². The van der Waals surface area contributed by atoms with Crippen molar-refractivity contribution in [3.05, 3.63) is 83.9 Å². The third-order valence-electron chi connectivity index (χ3n) is 5.24. The fourth-order valence-electron chi connectivity index (χ4n) is 3.57. The van der Waals surface area contributed by atoms with E-state index < -0.39 is 26.3 Å². The van der Waals surface area contributed by atoms with Crippen LogP contribution in [-0.4, -0.2) is 36.5 Å². The lowest BCUT2D eigenvalue weighted by atomic mass is 10.0. The molecule has 11 heteroatoms. The third-order valence-corrected chi connectivity index (χ3v) is 7.92. The summed E-state index contributed by atoms with van der Waals surface area (Å²) in [5.74, 6) is -0.484. The van der Waals surface area contributed by atoms with Crippen LogP contribution in [0, 0.1) is 0 Å². The van der Waals surface area contributed by atoms with Gasteiger partial charge in [0, 0.05) is 6.54 Å². The Balaban J connectivity index is 1.60. The lowest BCUT2D eigenvalue weighted by Crippen LogP contribution is -2.38. The highest BCUT2D eigenvalue weighted by Gasteiger charge is 2.32. The molecule has 0 bridgehead atoms. The van der Waals surface area contributed by atoms with Gasteiger partial charge in [0.05, 0.1) is 28.9 Å². The predicted octanol–water partition coefficient (Wildman–Crippen LogP) is 3.35. The number of carbonyl (C=O) groups excluding carboxylic acids is 1. The SMILES string of the molecule is COc1ccc(S(=O)(=O)Nc2ccc3c(c2)N(S(=O)(=O)OC(=O)c2ccccc2)CCC3)cc1. The molecule has 1 aliphatic heterocycles. The van der Waals surface area contributed by atoms with Crippen molar-refractivity contribution in [2.24, 2.45) is 0 Å². The molecular formula is C23H22N2O7S2. The van der Waals surface area contributed by atoms with Crippen LogP contribution in [0.2, 0.25) is 0 Å². The molecule has 1 N–H and O–H groups in total. The summed E-state index contributed by atoms with van der Waals surface area (Å²) >= 11 is 0. The number of ether oxygens (including phenoxy) is 1. The second-order valence-electron chi connectivity index (χ2n) is 7.49. The summed E-state index contributed by atoms with van der Waals surface area (Å²) in [6, 6.07) is 18.3. The number of benzene rings is 3. The molecule has 0 saturated heterocycles. The van der Waals surface area contributed by atoms with Crippen LogP contribution in [0.1, 0.15) is 22.3 Å². The summed E-state index contributed by atoms with van der Waals surface area (Å²) in [6.07, 6.45) is 1.12. The quantitative estimate of drug-likeness (QED) is 0.526. The number of aryl methyl sites for hydroxylation is 1. The van der Waals surface area contributed by atoms with Crippen LogP contribution in [0.4, 0.5) is 11.4 Å². The van der Waals surface area contributed by atoms with Crippen molar-refractivity contribution in [1.82, 2.24) is 0 Å². The number of rotatable bonds is 7. The number of carbonyl (C=O) groups is 1. The highest BCUT2D eigenvalue weighted by molar-refractivity contribution is 7.92. The van der Waals surface area contributed by atoms with Crippen molar-refractivity contribution >= 4 is 37.7 Å². The molecule has 0 amide bonds. The Morgan fingerprint density at radius 2 is 1.65 bits per heavy atom. The van der Waals surface area contributed by atoms with Gasteiger partial charge in [-0.25, -0.2) is 17.5 Å². The van der Waals surface area contributed by atoms with E-state index in [9.17, 15) is 21.6 Å². The fourth-order valence-corrected chi connectivity index (χ4v) is 5.76. The lowest BCUT2D eigenvalue weighted by Gasteiger charge is -2.29. The van der Waals surface area contributed by atoms with Gasteiger partial charge in [-0.2, -0.15) is 8.42 Å². The average Bonchev–Trinajstić information content (AvgIpc) is 2.83. The van der Waals surface area contributed by atoms with Gasteiger partial charge in [0.25, 0.3) is 10.0 Å². The third kappa shape index (κ3) is 5.00. The second-order valence-corrected chi connectivity index (χ2v) is 10.6. The molecule has 4 rings (SSSR count). The number of fused-ring (bicyclic) bond motifs is 1. The Kier molecular flexibility index (Phi) is 6.49. The highest BCUT2D eigenvalue weighted by Crippen LogP contribution is 2.33. The smallest absolute Gasteiger partial charge is 0.412 e. The maximum absolute atomic E-state index is 12.9. The molecule has 0 atom stereocenters. The van der Waals surface area contributed by atoms with Gasteiger partial charge in [-0.15, -0.1) is 0 Å². The summed E-state index contributed by atoms with van der Waals surface area (Å²) in [7, 11) is -6.93. The van der Waals surface area contributed by atoms with Crippen LogP contribution in [0.25, 0.3) is 0 Å². The Labute approximate surface area is 198 Å². The van der Waals surface area contributed by atoms with Crippen LogP contribution in [-0.2, 0) is 30.9 Å². The first-order chi connectivity index (χ1) is 16.2. The van der Waals surface area contributed by atoms with Gasteiger partial charge < -0.3 is 8.92 Å². The van der Waals surface area contributed by atoms with Crippen LogP contribution in [0.5, 0.6) is 5.75 Å². The first kappa shape index (κ1) is 23.6. The van der Waals surface area contributed by atoms with E-state index >= 15 is 0 Å². The minimum Gasteiger partial charge on any atom is -0.497 e. The van der Waals surface area contributed by atoms with Gasteiger partial charge in [0.1, 0.15) is 5.75 Å². The van der Waals surface area contributed by atoms with Crippen molar-refractivity contribution < 1.29 is 30.6 Å². The monoisotopic (exact) mass is 502 g/mol. The van der Waals surface area contributed by atoms with Gasteiger partial charge >= 0.3 is 16.3 Å². The molecule has 1 heterocycles. The molecular weight excluding hydrogens is 480 g/mol. The van der Waals surface area contributed by atoms with Crippen LogP contribution < -0.4 is 13.8 Å². The molecule has 34 heavy (non-hydrogen) atoms. The van der Waals surface area contributed by atoms with E-state index in [2.05, 4.69) is 4.72 Å². The molecule has 0 fully saturated rings. The number of nitrogens with one attached hydrogen (secondary N) is 1. The zero-order valence-electron chi connectivity index (χ0n) is 18.2. The molecule has 0 saturated carbocycles. The molecule has 3 aromatic rings. The minimum atomic E-state index is -4.47. The van der Waals surface area contributed by atoms with Gasteiger partial charge in [-0.3, -0.25) is 4.72 Å². The fraction of sp³-hybridized carbons (Fsp3) is 0.174. The normalized spacial score (nSPS) is 13.6. The number of hydrogen-bond acceptors (Lipinski definition) is 7. The molecule has 0 aromatic heterocycles. The van der Waals surface area contributed by atoms with Gasteiger partial charge in [0.2, 0.25) is 0 Å². The largest absolute Gasteiger partial charge is 0.497 e. The lowest BCUT2D eigenvalue weighted by molar-refractivity contribution is 0.0746. The van der Waals surface area contributed by atoms with E-state index in [4.69, 9.17) is 8.92 Å². The zero-order chi connectivity index (χ0) is 24.3. The number of methoxy groups -OCH3 is 1. The molecule has 0 unspecified atom stereocenters. The molecule has 178 valence electrons. The standard InChI is InChI=1S/C23H22N2O7S2/c1-31-20-11-13-21(14-12-20)33(27,28)24-19-10-9-17-8-5-15-25(22(17)16-19)34(29,30)32-23(26)18-6-3-2-4-7-18/h2-4,6-7,9-14,16,24H,5,8,15H2,1H3. The maximum atomic E-state index is 12.9. The summed E-state index contributed by atoms with van der Waals surface area (Å²) in [5, 5.41) is 0. The molecule has 9 nitrogen and oxygen atoms in total. The number of nitrogens with zero attached hydrogens (tertiary/aromatic N) is 1. The zero-order valence-corrected chi connectivity index (χ0v) is 19.8. The Hall–Kier alpha value is -3.57. The van der Waals surface area contributed by atoms with Gasteiger partial charge in [-0.05, 0) is 66.9 Å². The molecule has 0 spiro atoms. The Morgan fingerprint density at radius 3 is 2.32 bits per heavy atom. The average molecular weight is 503 g/mol. The number of hydrogen-bond donors (Lipinski definition) is 1. The summed E-state index contributed by atoms with van der Waals surface area (Å²) in [5.41, 5.74) is 1.22. The molecule has 1 aliphatic rings. The van der Waals surface area contributed by atoms with Gasteiger partial charge in [0.15, 0.2) is 0 Å². The van der Waals surface area contributed by atoms with E-state index in [1.807, 2.05) is 0 Å². The summed E-state index contributed by atoms with van der Waals surface area (Å²) in [4.78, 5) is 12.4. The Bertz CT molecular complexity index is 1410. The van der Waals surface area contributed by atoms with Crippen molar-refractivity contribution in [2.45, 2.75) is 17.7 Å². The van der Waals surface area contributed by atoms with Crippen molar-refractivity contribution in [2.75, 3.05) is 22.7 Å². The van der Waals surface area contributed by atoms with Gasteiger partial charge in [-0.1, -0.05) is 24.3 Å². The highest BCUT2D eigenvalue weighted by atomic mass is 32.2. The number of anilines is 2. The predicted molar refractivity (Wildman–Crippen MR) is 127 cm³/mol. The summed E-state index contributed by atoms with van der Waals surface area (Å²) < 4.78 is 64.8.